The molecule has 0 spiro atoms. The third kappa shape index (κ3) is 2.93. The lowest BCUT2D eigenvalue weighted by Gasteiger charge is -2.59. The van der Waals surface area contributed by atoms with E-state index in [0.717, 1.165) is 23.8 Å². The van der Waals surface area contributed by atoms with Crippen molar-refractivity contribution in [2.24, 2.45) is 23.2 Å². The highest BCUT2D eigenvalue weighted by Crippen LogP contribution is 2.61. The summed E-state index contributed by atoms with van der Waals surface area (Å²) in [5, 5.41) is 3.92. The van der Waals surface area contributed by atoms with Crippen molar-refractivity contribution in [2.75, 3.05) is 6.54 Å². The Bertz CT molecular complexity index is 274. The van der Waals surface area contributed by atoms with Crippen molar-refractivity contribution in [3.05, 3.63) is 0 Å². The van der Waals surface area contributed by atoms with Crippen LogP contribution in [0.1, 0.15) is 84.5 Å². The Balaban J connectivity index is 1.63. The van der Waals surface area contributed by atoms with Gasteiger partial charge in [0.05, 0.1) is 0 Å². The monoisotopic (exact) mass is 277 g/mol. The zero-order valence-electron chi connectivity index (χ0n) is 13.8. The molecule has 1 atom stereocenters. The van der Waals surface area contributed by atoms with Gasteiger partial charge in [-0.15, -0.1) is 0 Å². The number of hydrogen-bond donors (Lipinski definition) is 1. The lowest BCUT2D eigenvalue weighted by atomic mass is 9.47. The Morgan fingerprint density at radius 2 is 1.50 bits per heavy atom. The number of hydrogen-bond acceptors (Lipinski definition) is 1. The molecule has 4 aliphatic rings. The number of nitrogens with one attached hydrogen (secondary N) is 1. The summed E-state index contributed by atoms with van der Waals surface area (Å²) >= 11 is 0. The summed E-state index contributed by atoms with van der Waals surface area (Å²) in [6.45, 7) is 5.79. The largest absolute Gasteiger partial charge is 0.314 e. The molecule has 4 aliphatic carbocycles. The maximum Gasteiger partial charge on any atom is 0.0124 e. The minimum Gasteiger partial charge on any atom is -0.314 e. The van der Waals surface area contributed by atoms with Crippen LogP contribution in [0.15, 0.2) is 0 Å². The molecule has 1 unspecified atom stereocenters. The Morgan fingerprint density at radius 3 is 2.00 bits per heavy atom. The van der Waals surface area contributed by atoms with Crippen LogP contribution in [0.2, 0.25) is 0 Å². The van der Waals surface area contributed by atoms with Crippen molar-refractivity contribution < 1.29 is 0 Å². The molecule has 0 aliphatic heterocycles. The van der Waals surface area contributed by atoms with Gasteiger partial charge in [-0.2, -0.15) is 0 Å². The van der Waals surface area contributed by atoms with E-state index in [1.165, 1.54) is 38.6 Å². The van der Waals surface area contributed by atoms with E-state index in [2.05, 4.69) is 19.2 Å². The van der Waals surface area contributed by atoms with Gasteiger partial charge in [0.1, 0.15) is 0 Å². The summed E-state index contributed by atoms with van der Waals surface area (Å²) in [6.07, 6.45) is 16.6. The first-order chi connectivity index (χ1) is 9.75. The first-order valence-corrected chi connectivity index (χ1v) is 9.49. The van der Waals surface area contributed by atoms with Crippen molar-refractivity contribution in [1.29, 1.82) is 0 Å². The lowest BCUT2D eigenvalue weighted by molar-refractivity contribution is -0.0753. The standard InChI is InChI=1S/C19H35N/c1-3-5-6-7-8-18(20-4-2)19-12-15-9-16(13-19)11-17(10-15)14-19/h15-18,20H,3-14H2,1-2H3. The molecule has 0 heterocycles. The van der Waals surface area contributed by atoms with E-state index in [9.17, 15) is 0 Å². The fourth-order valence-electron chi connectivity index (χ4n) is 6.25. The second-order valence-electron chi connectivity index (χ2n) is 8.24. The predicted molar refractivity (Wildman–Crippen MR) is 86.8 cm³/mol. The van der Waals surface area contributed by atoms with Crippen LogP contribution < -0.4 is 5.32 Å². The molecule has 0 amide bonds. The van der Waals surface area contributed by atoms with Crippen LogP contribution in [0.25, 0.3) is 0 Å². The van der Waals surface area contributed by atoms with Gasteiger partial charge in [-0.05, 0) is 74.7 Å². The van der Waals surface area contributed by atoms with Gasteiger partial charge >= 0.3 is 0 Å². The van der Waals surface area contributed by atoms with Crippen molar-refractivity contribution in [3.8, 4) is 0 Å². The van der Waals surface area contributed by atoms with E-state index in [1.54, 1.807) is 38.5 Å². The van der Waals surface area contributed by atoms with Crippen molar-refractivity contribution >= 4 is 0 Å². The molecule has 4 fully saturated rings. The molecule has 20 heavy (non-hydrogen) atoms. The second kappa shape index (κ2) is 6.38. The molecule has 4 bridgehead atoms. The molecule has 116 valence electrons. The smallest absolute Gasteiger partial charge is 0.0124 e. The lowest BCUT2D eigenvalue weighted by Crippen LogP contribution is -2.55. The first kappa shape index (κ1) is 14.9. The van der Waals surface area contributed by atoms with Crippen molar-refractivity contribution in [2.45, 2.75) is 90.5 Å². The van der Waals surface area contributed by atoms with Gasteiger partial charge in [0.15, 0.2) is 0 Å². The normalized spacial score (nSPS) is 40.2. The summed E-state index contributed by atoms with van der Waals surface area (Å²) in [5.41, 5.74) is 0.705. The van der Waals surface area contributed by atoms with E-state index < -0.39 is 0 Å². The fraction of sp³-hybridized carbons (Fsp3) is 1.00. The number of rotatable bonds is 8. The molecule has 1 N–H and O–H groups in total. The summed E-state index contributed by atoms with van der Waals surface area (Å²) in [7, 11) is 0. The average molecular weight is 277 g/mol. The van der Waals surface area contributed by atoms with Crippen molar-refractivity contribution in [3.63, 3.8) is 0 Å². The molecule has 0 radical (unpaired) electrons. The molecule has 1 heteroatoms. The van der Waals surface area contributed by atoms with Crippen LogP contribution in [-0.2, 0) is 0 Å². The highest BCUT2D eigenvalue weighted by atomic mass is 14.9. The van der Waals surface area contributed by atoms with E-state index in [4.69, 9.17) is 0 Å². The highest BCUT2D eigenvalue weighted by Gasteiger charge is 2.53. The third-order valence-electron chi connectivity index (χ3n) is 6.62. The van der Waals surface area contributed by atoms with Crippen LogP contribution in [-0.4, -0.2) is 12.6 Å². The van der Waals surface area contributed by atoms with Gasteiger partial charge in [-0.25, -0.2) is 0 Å². The molecule has 0 aromatic heterocycles. The van der Waals surface area contributed by atoms with Crippen molar-refractivity contribution in [1.82, 2.24) is 5.32 Å². The average Bonchev–Trinajstić information content (AvgIpc) is 2.40. The quantitative estimate of drug-likeness (QED) is 0.605. The topological polar surface area (TPSA) is 12.0 Å². The molecular weight excluding hydrogens is 242 g/mol. The zero-order chi connectivity index (χ0) is 14.0. The van der Waals surface area contributed by atoms with Gasteiger partial charge in [0, 0.05) is 6.04 Å². The Kier molecular flexibility index (Phi) is 4.75. The van der Waals surface area contributed by atoms with Gasteiger partial charge in [0.2, 0.25) is 0 Å². The summed E-state index contributed by atoms with van der Waals surface area (Å²) in [4.78, 5) is 0. The SMILES string of the molecule is CCCCCCC(NCC)C12CC3CC(CC(C3)C1)C2. The Labute approximate surface area is 126 Å². The second-order valence-corrected chi connectivity index (χ2v) is 8.24. The van der Waals surface area contributed by atoms with Crippen LogP contribution in [0.4, 0.5) is 0 Å². The molecule has 0 saturated heterocycles. The maximum atomic E-state index is 3.92. The van der Waals surface area contributed by atoms with E-state index in [1.807, 2.05) is 0 Å². The maximum absolute atomic E-state index is 3.92. The van der Waals surface area contributed by atoms with Gasteiger partial charge < -0.3 is 5.32 Å². The number of unbranched alkanes of at least 4 members (excludes halogenated alkanes) is 3. The highest BCUT2D eigenvalue weighted by molar-refractivity contribution is 5.06. The van der Waals surface area contributed by atoms with E-state index in [-0.39, 0.29) is 0 Å². The Morgan fingerprint density at radius 1 is 0.900 bits per heavy atom. The molecule has 0 aromatic rings. The van der Waals surface area contributed by atoms with Crippen LogP contribution in [0, 0.1) is 23.2 Å². The van der Waals surface area contributed by atoms with E-state index >= 15 is 0 Å². The third-order valence-corrected chi connectivity index (χ3v) is 6.62. The molecule has 1 nitrogen and oxygen atoms in total. The van der Waals surface area contributed by atoms with Crippen LogP contribution in [0.3, 0.4) is 0 Å². The van der Waals surface area contributed by atoms with Gasteiger partial charge in [0.25, 0.3) is 0 Å². The molecule has 4 saturated carbocycles. The predicted octanol–water partition coefficient (Wildman–Crippen LogP) is 5.15. The minimum atomic E-state index is 0.705. The Hall–Kier alpha value is -0.0400. The zero-order valence-corrected chi connectivity index (χ0v) is 13.8. The van der Waals surface area contributed by atoms with Gasteiger partial charge in [-0.3, -0.25) is 0 Å². The van der Waals surface area contributed by atoms with Crippen LogP contribution >= 0.6 is 0 Å². The molecule has 0 aromatic carbocycles. The summed E-state index contributed by atoms with van der Waals surface area (Å²) < 4.78 is 0. The summed E-state index contributed by atoms with van der Waals surface area (Å²) in [6, 6.07) is 0.831. The van der Waals surface area contributed by atoms with Gasteiger partial charge in [-0.1, -0.05) is 39.5 Å². The van der Waals surface area contributed by atoms with Crippen LogP contribution in [0.5, 0.6) is 0 Å². The fourth-order valence-corrected chi connectivity index (χ4v) is 6.25. The first-order valence-electron chi connectivity index (χ1n) is 9.49. The molecular formula is C19H35N. The summed E-state index contributed by atoms with van der Waals surface area (Å²) in [5.74, 6) is 3.29. The van der Waals surface area contributed by atoms with E-state index in [0.29, 0.717) is 5.41 Å². The molecule has 4 rings (SSSR count). The minimum absolute atomic E-state index is 0.705.